The highest BCUT2D eigenvalue weighted by Crippen LogP contribution is 2.25. The lowest BCUT2D eigenvalue weighted by molar-refractivity contribution is 0.299. The van der Waals surface area contributed by atoms with Crippen molar-refractivity contribution in [3.63, 3.8) is 0 Å². The van der Waals surface area contributed by atoms with Crippen LogP contribution < -0.4 is 5.73 Å². The third-order valence-electron chi connectivity index (χ3n) is 2.33. The Kier molecular flexibility index (Phi) is 4.60. The van der Waals surface area contributed by atoms with Crippen molar-refractivity contribution in [2.45, 2.75) is 38.5 Å². The highest BCUT2D eigenvalue weighted by molar-refractivity contribution is 7.97. The summed E-state index contributed by atoms with van der Waals surface area (Å²) < 4.78 is 5.25. The maximum absolute atomic E-state index is 5.92. The van der Waals surface area contributed by atoms with Gasteiger partial charge in [-0.1, -0.05) is 19.0 Å². The van der Waals surface area contributed by atoms with Gasteiger partial charge in [0.1, 0.15) is 0 Å². The van der Waals surface area contributed by atoms with E-state index in [0.29, 0.717) is 11.8 Å². The topological polar surface area (TPSA) is 64.9 Å². The van der Waals surface area contributed by atoms with Gasteiger partial charge < -0.3 is 10.3 Å². The third kappa shape index (κ3) is 3.21. The van der Waals surface area contributed by atoms with E-state index < -0.39 is 0 Å². The van der Waals surface area contributed by atoms with E-state index in [-0.39, 0.29) is 12.0 Å². The molecule has 2 unspecified atom stereocenters. The van der Waals surface area contributed by atoms with E-state index in [0.717, 1.165) is 11.6 Å². The van der Waals surface area contributed by atoms with E-state index in [9.17, 15) is 0 Å². The lowest BCUT2D eigenvalue weighted by Crippen LogP contribution is -2.28. The molecule has 5 heteroatoms. The molecule has 0 spiro atoms. The van der Waals surface area contributed by atoms with E-state index in [2.05, 4.69) is 24.0 Å². The van der Waals surface area contributed by atoms with Gasteiger partial charge in [-0.05, 0) is 19.1 Å². The van der Waals surface area contributed by atoms with Crippen molar-refractivity contribution in [1.82, 2.24) is 10.1 Å². The Bertz CT molecular complexity index is 291. The molecule has 0 radical (unpaired) electrons. The van der Waals surface area contributed by atoms with Crippen molar-refractivity contribution < 1.29 is 4.52 Å². The monoisotopic (exact) mass is 229 g/mol. The first-order valence-electron chi connectivity index (χ1n) is 5.13. The van der Waals surface area contributed by atoms with Crippen LogP contribution in [0.5, 0.6) is 0 Å². The van der Waals surface area contributed by atoms with Crippen LogP contribution in [0.2, 0.25) is 0 Å². The molecular formula is C10H19N3OS. The molecule has 2 atom stereocenters. The molecule has 1 heterocycles. The molecule has 0 aliphatic carbocycles. The molecule has 0 saturated heterocycles. The molecule has 4 nitrogen and oxygen atoms in total. The van der Waals surface area contributed by atoms with Gasteiger partial charge in [-0.25, -0.2) is 0 Å². The van der Waals surface area contributed by atoms with Gasteiger partial charge >= 0.3 is 0 Å². The standard InChI is InChI=1S/C10H19N3OS/c1-6(2)9(7(3)11)10-12-8(5-15-4)13-14-10/h6-7,9H,5,11H2,1-4H3. The van der Waals surface area contributed by atoms with Crippen LogP contribution in [0.4, 0.5) is 0 Å². The number of thioether (sulfide) groups is 1. The normalized spacial score (nSPS) is 15.6. The molecule has 0 amide bonds. The van der Waals surface area contributed by atoms with Crippen LogP contribution in [0.3, 0.4) is 0 Å². The number of nitrogens with two attached hydrogens (primary N) is 1. The molecule has 86 valence electrons. The molecule has 1 aromatic heterocycles. The summed E-state index contributed by atoms with van der Waals surface area (Å²) in [6.07, 6.45) is 2.02. The van der Waals surface area contributed by atoms with Gasteiger partial charge in [0.15, 0.2) is 5.82 Å². The number of hydrogen-bond acceptors (Lipinski definition) is 5. The van der Waals surface area contributed by atoms with Gasteiger partial charge in [-0.2, -0.15) is 16.7 Å². The van der Waals surface area contributed by atoms with Crippen molar-refractivity contribution in [2.24, 2.45) is 11.7 Å². The molecule has 0 saturated carbocycles. The van der Waals surface area contributed by atoms with Gasteiger partial charge in [-0.3, -0.25) is 0 Å². The first kappa shape index (κ1) is 12.5. The van der Waals surface area contributed by atoms with E-state index in [1.165, 1.54) is 0 Å². The van der Waals surface area contributed by atoms with Crippen LogP contribution in [0.25, 0.3) is 0 Å². The summed E-state index contributed by atoms with van der Waals surface area (Å²) in [4.78, 5) is 4.36. The van der Waals surface area contributed by atoms with E-state index in [4.69, 9.17) is 10.3 Å². The molecule has 2 N–H and O–H groups in total. The quantitative estimate of drug-likeness (QED) is 0.836. The Morgan fingerprint density at radius 1 is 1.40 bits per heavy atom. The van der Waals surface area contributed by atoms with Crippen LogP contribution in [-0.2, 0) is 5.75 Å². The Balaban J connectivity index is 2.82. The van der Waals surface area contributed by atoms with Crippen LogP contribution >= 0.6 is 11.8 Å². The van der Waals surface area contributed by atoms with Crippen molar-refractivity contribution in [1.29, 1.82) is 0 Å². The molecule has 0 aromatic carbocycles. The van der Waals surface area contributed by atoms with Gasteiger partial charge in [-0.15, -0.1) is 0 Å². The number of nitrogens with zero attached hydrogens (tertiary/aromatic N) is 2. The average Bonchev–Trinajstić information content (AvgIpc) is 2.52. The lowest BCUT2D eigenvalue weighted by Gasteiger charge is -2.20. The Labute approximate surface area is 95.0 Å². The van der Waals surface area contributed by atoms with Crippen LogP contribution in [0.15, 0.2) is 4.52 Å². The largest absolute Gasteiger partial charge is 0.339 e. The van der Waals surface area contributed by atoms with Gasteiger partial charge in [0.25, 0.3) is 0 Å². The smallest absolute Gasteiger partial charge is 0.231 e. The molecular weight excluding hydrogens is 210 g/mol. The molecule has 1 rings (SSSR count). The molecule has 0 bridgehead atoms. The number of hydrogen-bond donors (Lipinski definition) is 1. The average molecular weight is 229 g/mol. The lowest BCUT2D eigenvalue weighted by atomic mass is 9.90. The molecule has 0 aliphatic rings. The molecule has 0 aliphatic heterocycles. The van der Waals surface area contributed by atoms with Crippen LogP contribution in [-0.4, -0.2) is 22.4 Å². The summed E-state index contributed by atoms with van der Waals surface area (Å²) >= 11 is 1.68. The second kappa shape index (κ2) is 5.51. The molecule has 1 aromatic rings. The zero-order valence-electron chi connectivity index (χ0n) is 9.73. The van der Waals surface area contributed by atoms with E-state index in [1.807, 2.05) is 13.2 Å². The number of aromatic nitrogens is 2. The molecule has 15 heavy (non-hydrogen) atoms. The van der Waals surface area contributed by atoms with Crippen LogP contribution in [0.1, 0.15) is 38.4 Å². The Morgan fingerprint density at radius 2 is 2.07 bits per heavy atom. The zero-order valence-corrected chi connectivity index (χ0v) is 10.5. The maximum atomic E-state index is 5.92. The molecule has 0 fully saturated rings. The fourth-order valence-electron chi connectivity index (χ4n) is 1.71. The highest BCUT2D eigenvalue weighted by Gasteiger charge is 2.25. The summed E-state index contributed by atoms with van der Waals surface area (Å²) in [5.74, 6) is 2.77. The minimum atomic E-state index is 0.0348. The first-order valence-corrected chi connectivity index (χ1v) is 6.52. The zero-order chi connectivity index (χ0) is 11.4. The van der Waals surface area contributed by atoms with Crippen molar-refractivity contribution >= 4 is 11.8 Å². The van der Waals surface area contributed by atoms with Gasteiger partial charge in [0.05, 0.1) is 11.7 Å². The Morgan fingerprint density at radius 3 is 2.53 bits per heavy atom. The number of rotatable bonds is 5. The van der Waals surface area contributed by atoms with Crippen molar-refractivity contribution in [3.05, 3.63) is 11.7 Å². The summed E-state index contributed by atoms with van der Waals surface area (Å²) in [6, 6.07) is 0.0348. The second-order valence-corrected chi connectivity index (χ2v) is 4.98. The van der Waals surface area contributed by atoms with E-state index in [1.54, 1.807) is 11.8 Å². The van der Waals surface area contributed by atoms with Gasteiger partial charge in [0.2, 0.25) is 5.89 Å². The van der Waals surface area contributed by atoms with Crippen LogP contribution in [0, 0.1) is 5.92 Å². The third-order valence-corrected chi connectivity index (χ3v) is 2.87. The summed E-state index contributed by atoms with van der Waals surface area (Å²) in [5.41, 5.74) is 5.92. The van der Waals surface area contributed by atoms with Crippen molar-refractivity contribution in [3.8, 4) is 0 Å². The fraction of sp³-hybridized carbons (Fsp3) is 0.800. The summed E-state index contributed by atoms with van der Waals surface area (Å²) in [5, 5.41) is 3.93. The fourth-order valence-corrected chi connectivity index (χ4v) is 2.08. The first-order chi connectivity index (χ1) is 7.06. The van der Waals surface area contributed by atoms with Gasteiger partial charge in [0, 0.05) is 6.04 Å². The predicted molar refractivity (Wildman–Crippen MR) is 62.7 cm³/mol. The minimum absolute atomic E-state index is 0.0348. The van der Waals surface area contributed by atoms with E-state index >= 15 is 0 Å². The van der Waals surface area contributed by atoms with Crippen molar-refractivity contribution in [2.75, 3.05) is 6.26 Å². The highest BCUT2D eigenvalue weighted by atomic mass is 32.2. The summed E-state index contributed by atoms with van der Waals surface area (Å²) in [7, 11) is 0. The Hall–Kier alpha value is -0.550. The predicted octanol–water partition coefficient (Wildman–Crippen LogP) is 2.02. The maximum Gasteiger partial charge on any atom is 0.231 e. The second-order valence-electron chi connectivity index (χ2n) is 4.11. The summed E-state index contributed by atoms with van der Waals surface area (Å²) in [6.45, 7) is 6.21. The SMILES string of the molecule is CSCc1noc(C(C(C)C)C(C)N)n1. The minimum Gasteiger partial charge on any atom is -0.339 e.